The van der Waals surface area contributed by atoms with Crippen molar-refractivity contribution in [2.24, 2.45) is 13.0 Å². The summed E-state index contributed by atoms with van der Waals surface area (Å²) in [5.74, 6) is -6.62. The number of ether oxygens (including phenoxy) is 2. The SMILES string of the molecule is COc1c([C@H]2[C@H](C(=O)Nc3ccc4ncn(C)c4c3)O[C@@](C)(C(F)(F)F)[C@H]2C)ccc(F)c1F. The molecule has 0 spiro atoms. The van der Waals surface area contributed by atoms with Gasteiger partial charge >= 0.3 is 6.18 Å². The predicted octanol–water partition coefficient (Wildman–Crippen LogP) is 4.94. The van der Waals surface area contributed by atoms with E-state index in [0.717, 1.165) is 26.2 Å². The standard InChI is InChI=1S/C23H22F5N3O3/c1-11-17(13-6-7-14(24)18(25)19(13)33-4)20(34-22(11,2)23(26,27)28)21(32)30-12-5-8-15-16(9-12)31(3)10-29-15/h5-11,17,20H,1-4H3,(H,30,32)/t11-,17-,20+,22+/m0/s1. The zero-order valence-electron chi connectivity index (χ0n) is 18.7. The average molecular weight is 483 g/mol. The zero-order valence-corrected chi connectivity index (χ0v) is 18.7. The van der Waals surface area contributed by atoms with Crippen molar-refractivity contribution in [2.75, 3.05) is 12.4 Å². The van der Waals surface area contributed by atoms with Crippen LogP contribution in [0.4, 0.5) is 27.6 Å². The molecule has 1 aliphatic rings. The van der Waals surface area contributed by atoms with Crippen LogP contribution in [0.3, 0.4) is 0 Å². The van der Waals surface area contributed by atoms with Crippen molar-refractivity contribution in [3.05, 3.63) is 53.9 Å². The van der Waals surface area contributed by atoms with Gasteiger partial charge in [-0.2, -0.15) is 17.6 Å². The maximum atomic E-state index is 14.4. The third kappa shape index (κ3) is 3.67. The van der Waals surface area contributed by atoms with Crippen molar-refractivity contribution >= 4 is 22.6 Å². The number of aromatic nitrogens is 2. The Morgan fingerprint density at radius 1 is 1.24 bits per heavy atom. The van der Waals surface area contributed by atoms with E-state index in [1.54, 1.807) is 36.1 Å². The number of amides is 1. The minimum absolute atomic E-state index is 0.0934. The molecule has 1 fully saturated rings. The first kappa shape index (κ1) is 23.9. The molecule has 0 saturated carbocycles. The number of halogens is 5. The lowest BCUT2D eigenvalue weighted by Gasteiger charge is -2.32. The van der Waals surface area contributed by atoms with Gasteiger partial charge in [-0.15, -0.1) is 0 Å². The van der Waals surface area contributed by atoms with Crippen LogP contribution in [0, 0.1) is 17.6 Å². The van der Waals surface area contributed by atoms with Crippen molar-refractivity contribution in [1.82, 2.24) is 9.55 Å². The van der Waals surface area contributed by atoms with Crippen LogP contribution in [0.5, 0.6) is 5.75 Å². The van der Waals surface area contributed by atoms with Gasteiger partial charge < -0.3 is 19.4 Å². The van der Waals surface area contributed by atoms with Crippen LogP contribution in [0.2, 0.25) is 0 Å². The Morgan fingerprint density at radius 3 is 2.59 bits per heavy atom. The van der Waals surface area contributed by atoms with E-state index < -0.39 is 53.0 Å². The monoisotopic (exact) mass is 483 g/mol. The number of imidazole rings is 1. The first-order valence-corrected chi connectivity index (χ1v) is 10.4. The highest BCUT2D eigenvalue weighted by molar-refractivity contribution is 5.97. The van der Waals surface area contributed by atoms with Crippen LogP contribution in [-0.2, 0) is 16.6 Å². The predicted molar refractivity (Wildman–Crippen MR) is 113 cm³/mol. The topological polar surface area (TPSA) is 65.4 Å². The molecule has 4 rings (SSSR count). The number of carbonyl (C=O) groups is 1. The lowest BCUT2D eigenvalue weighted by Crippen LogP contribution is -2.47. The van der Waals surface area contributed by atoms with Gasteiger partial charge in [0.25, 0.3) is 5.91 Å². The van der Waals surface area contributed by atoms with Crippen LogP contribution in [-0.4, -0.2) is 40.4 Å². The fourth-order valence-electron chi connectivity index (χ4n) is 4.46. The quantitative estimate of drug-likeness (QED) is 0.534. The summed E-state index contributed by atoms with van der Waals surface area (Å²) in [6, 6.07) is 6.73. The molecule has 182 valence electrons. The second kappa shape index (κ2) is 8.23. The van der Waals surface area contributed by atoms with Gasteiger partial charge in [-0.3, -0.25) is 4.79 Å². The summed E-state index contributed by atoms with van der Waals surface area (Å²) in [5.41, 5.74) is -1.14. The molecule has 4 atom stereocenters. The van der Waals surface area contributed by atoms with E-state index in [4.69, 9.17) is 9.47 Å². The van der Waals surface area contributed by atoms with Gasteiger partial charge in [0.2, 0.25) is 5.82 Å². The number of alkyl halides is 3. The number of nitrogens with zero attached hydrogens (tertiary/aromatic N) is 2. The Bertz CT molecular complexity index is 1260. The van der Waals surface area contributed by atoms with E-state index in [2.05, 4.69) is 10.3 Å². The molecule has 1 saturated heterocycles. The highest BCUT2D eigenvalue weighted by Crippen LogP contribution is 2.55. The van der Waals surface area contributed by atoms with Gasteiger partial charge in [0, 0.05) is 30.1 Å². The molecule has 2 heterocycles. The molecule has 0 radical (unpaired) electrons. The van der Waals surface area contributed by atoms with E-state index in [9.17, 15) is 26.7 Å². The molecule has 1 amide bonds. The number of hydrogen-bond acceptors (Lipinski definition) is 4. The Kier molecular flexibility index (Phi) is 5.79. The van der Waals surface area contributed by atoms with E-state index in [-0.39, 0.29) is 5.56 Å². The Morgan fingerprint density at radius 2 is 1.94 bits per heavy atom. The Labute approximate surface area is 191 Å². The van der Waals surface area contributed by atoms with Crippen LogP contribution in [0.1, 0.15) is 25.3 Å². The van der Waals surface area contributed by atoms with Crippen molar-refractivity contribution in [2.45, 2.75) is 37.6 Å². The first-order valence-electron chi connectivity index (χ1n) is 10.4. The molecule has 0 aliphatic carbocycles. The molecular formula is C23H22F5N3O3. The number of fused-ring (bicyclic) bond motifs is 1. The molecule has 1 aliphatic heterocycles. The molecule has 11 heteroatoms. The van der Waals surface area contributed by atoms with Gasteiger partial charge in [-0.25, -0.2) is 9.37 Å². The summed E-state index contributed by atoms with van der Waals surface area (Å²) in [5, 5.41) is 2.58. The van der Waals surface area contributed by atoms with Crippen LogP contribution in [0.25, 0.3) is 11.0 Å². The molecule has 3 aromatic rings. The smallest absolute Gasteiger partial charge is 0.417 e. The van der Waals surface area contributed by atoms with Crippen molar-refractivity contribution in [3.8, 4) is 5.75 Å². The number of methoxy groups -OCH3 is 1. The van der Waals surface area contributed by atoms with Crippen molar-refractivity contribution < 1.29 is 36.2 Å². The van der Waals surface area contributed by atoms with Crippen molar-refractivity contribution in [1.29, 1.82) is 0 Å². The molecule has 1 aromatic heterocycles. The average Bonchev–Trinajstić information content (AvgIpc) is 3.27. The highest BCUT2D eigenvalue weighted by Gasteiger charge is 2.65. The van der Waals surface area contributed by atoms with E-state index in [1.807, 2.05) is 0 Å². The number of anilines is 1. The minimum atomic E-state index is -4.83. The number of nitrogens with one attached hydrogen (secondary N) is 1. The van der Waals surface area contributed by atoms with Crippen LogP contribution < -0.4 is 10.1 Å². The Balaban J connectivity index is 1.77. The van der Waals surface area contributed by atoms with Crippen LogP contribution in [0.15, 0.2) is 36.7 Å². The van der Waals surface area contributed by atoms with Gasteiger partial charge in [0.15, 0.2) is 17.2 Å². The fourth-order valence-corrected chi connectivity index (χ4v) is 4.46. The number of rotatable bonds is 4. The summed E-state index contributed by atoms with van der Waals surface area (Å²) >= 11 is 0. The van der Waals surface area contributed by atoms with E-state index in [1.165, 1.54) is 6.92 Å². The summed E-state index contributed by atoms with van der Waals surface area (Å²) in [6.07, 6.45) is -4.92. The summed E-state index contributed by atoms with van der Waals surface area (Å²) in [6.45, 7) is 2.10. The molecule has 6 nitrogen and oxygen atoms in total. The van der Waals surface area contributed by atoms with Gasteiger partial charge in [-0.1, -0.05) is 13.0 Å². The summed E-state index contributed by atoms with van der Waals surface area (Å²) in [4.78, 5) is 17.4. The lowest BCUT2D eigenvalue weighted by atomic mass is 9.77. The number of aryl methyl sites for hydroxylation is 1. The van der Waals surface area contributed by atoms with Crippen LogP contribution >= 0.6 is 0 Å². The summed E-state index contributed by atoms with van der Waals surface area (Å²) < 4.78 is 82.4. The second-order valence-electron chi connectivity index (χ2n) is 8.49. The molecule has 2 aromatic carbocycles. The number of benzene rings is 2. The molecule has 0 bridgehead atoms. The maximum Gasteiger partial charge on any atom is 0.417 e. The van der Waals surface area contributed by atoms with Crippen molar-refractivity contribution in [3.63, 3.8) is 0 Å². The highest BCUT2D eigenvalue weighted by atomic mass is 19.4. The fraction of sp³-hybridized carbons (Fsp3) is 0.391. The number of carbonyl (C=O) groups excluding carboxylic acids is 1. The normalized spacial score (nSPS) is 25.0. The largest absolute Gasteiger partial charge is 0.493 e. The zero-order chi connectivity index (χ0) is 25.0. The third-order valence-electron chi connectivity index (χ3n) is 6.56. The van der Waals surface area contributed by atoms with E-state index >= 15 is 0 Å². The minimum Gasteiger partial charge on any atom is -0.493 e. The van der Waals surface area contributed by atoms with Gasteiger partial charge in [0.1, 0.15) is 6.10 Å². The molecule has 1 N–H and O–H groups in total. The molecular weight excluding hydrogens is 461 g/mol. The molecule has 34 heavy (non-hydrogen) atoms. The van der Waals surface area contributed by atoms with Gasteiger partial charge in [-0.05, 0) is 31.2 Å². The summed E-state index contributed by atoms with van der Waals surface area (Å²) in [7, 11) is 2.83. The van der Waals surface area contributed by atoms with Gasteiger partial charge in [0.05, 0.1) is 24.5 Å². The second-order valence-corrected chi connectivity index (χ2v) is 8.49. The lowest BCUT2D eigenvalue weighted by molar-refractivity contribution is -0.272. The molecule has 0 unspecified atom stereocenters. The maximum absolute atomic E-state index is 14.4. The first-order chi connectivity index (χ1) is 15.9. The third-order valence-corrected chi connectivity index (χ3v) is 6.56. The number of hydrogen-bond donors (Lipinski definition) is 1. The Hall–Kier alpha value is -3.21. The van der Waals surface area contributed by atoms with E-state index in [0.29, 0.717) is 16.7 Å².